The van der Waals surface area contributed by atoms with Gasteiger partial charge in [0, 0.05) is 24.0 Å². The van der Waals surface area contributed by atoms with Gasteiger partial charge in [0.2, 0.25) is 0 Å². The highest BCUT2D eigenvalue weighted by molar-refractivity contribution is 6.30. The van der Waals surface area contributed by atoms with E-state index in [1.807, 2.05) is 31.2 Å². The summed E-state index contributed by atoms with van der Waals surface area (Å²) in [6, 6.07) is 11.1. The second-order valence-corrected chi connectivity index (χ2v) is 5.69. The maximum atomic E-state index is 11.9. The Labute approximate surface area is 150 Å². The van der Waals surface area contributed by atoms with Crippen LogP contribution in [0.3, 0.4) is 0 Å². The van der Waals surface area contributed by atoms with Crippen molar-refractivity contribution in [3.05, 3.63) is 71.1 Å². The Kier molecular flexibility index (Phi) is 5.36. The molecule has 0 fully saturated rings. The molecule has 0 saturated heterocycles. The van der Waals surface area contributed by atoms with Gasteiger partial charge in [-0.05, 0) is 31.2 Å². The van der Waals surface area contributed by atoms with Crippen molar-refractivity contribution < 1.29 is 14.3 Å². The Bertz CT molecular complexity index is 918. The number of nitrogens with zero attached hydrogens (tertiary/aromatic N) is 2. The molecule has 0 amide bonds. The van der Waals surface area contributed by atoms with E-state index in [9.17, 15) is 4.79 Å². The van der Waals surface area contributed by atoms with Crippen LogP contribution >= 0.6 is 11.6 Å². The third-order valence-corrected chi connectivity index (χ3v) is 3.67. The number of imidazole rings is 1. The third kappa shape index (κ3) is 4.39. The van der Waals surface area contributed by atoms with Gasteiger partial charge in [-0.1, -0.05) is 29.8 Å². The zero-order valence-electron chi connectivity index (χ0n) is 13.7. The van der Waals surface area contributed by atoms with E-state index in [1.165, 1.54) is 6.08 Å². The molecule has 2 aromatic heterocycles. The number of aromatic nitrogens is 2. The van der Waals surface area contributed by atoms with Crippen molar-refractivity contribution in [1.29, 1.82) is 0 Å². The largest absolute Gasteiger partial charge is 0.493 e. The lowest BCUT2D eigenvalue weighted by atomic mass is 10.2. The SMILES string of the molecule is CCOc1ccccc1/C=C/C(=O)OCc1cn2cc(Cl)ccc2n1. The van der Waals surface area contributed by atoms with Gasteiger partial charge in [0.15, 0.2) is 0 Å². The smallest absolute Gasteiger partial charge is 0.331 e. The molecule has 0 N–H and O–H groups in total. The normalized spacial score (nSPS) is 11.1. The standard InChI is InChI=1S/C19H17ClN2O3/c1-2-24-17-6-4-3-5-14(17)7-10-19(23)25-13-16-12-22-11-15(20)8-9-18(22)21-16/h3-12H,2,13H2,1H3/b10-7+. The van der Waals surface area contributed by atoms with E-state index >= 15 is 0 Å². The molecule has 0 aliphatic heterocycles. The first-order valence-corrected chi connectivity index (χ1v) is 8.23. The molecule has 0 radical (unpaired) electrons. The summed E-state index contributed by atoms with van der Waals surface area (Å²) >= 11 is 5.94. The second kappa shape index (κ2) is 7.85. The Hall–Kier alpha value is -2.79. The zero-order chi connectivity index (χ0) is 17.6. The summed E-state index contributed by atoms with van der Waals surface area (Å²) in [7, 11) is 0. The molecule has 0 spiro atoms. The van der Waals surface area contributed by atoms with Crippen LogP contribution in [-0.2, 0) is 16.1 Å². The van der Waals surface area contributed by atoms with Crippen molar-refractivity contribution in [2.45, 2.75) is 13.5 Å². The van der Waals surface area contributed by atoms with Gasteiger partial charge < -0.3 is 13.9 Å². The average molecular weight is 357 g/mol. The van der Waals surface area contributed by atoms with Crippen LogP contribution in [0.5, 0.6) is 5.75 Å². The van der Waals surface area contributed by atoms with Crippen LogP contribution in [0.2, 0.25) is 5.02 Å². The number of ether oxygens (including phenoxy) is 2. The van der Waals surface area contributed by atoms with E-state index in [2.05, 4.69) is 4.98 Å². The number of esters is 1. The Morgan fingerprint density at radius 2 is 2.08 bits per heavy atom. The molecule has 0 saturated carbocycles. The van der Waals surface area contributed by atoms with Crippen molar-refractivity contribution in [3.8, 4) is 5.75 Å². The van der Waals surface area contributed by atoms with E-state index in [0.717, 1.165) is 17.0 Å². The molecule has 0 unspecified atom stereocenters. The number of para-hydroxylation sites is 1. The summed E-state index contributed by atoms with van der Waals surface area (Å²) in [5.41, 5.74) is 2.22. The van der Waals surface area contributed by atoms with Crippen LogP contribution < -0.4 is 4.74 Å². The number of benzene rings is 1. The number of hydrogen-bond acceptors (Lipinski definition) is 4. The number of halogens is 1. The molecule has 1 aromatic carbocycles. The first-order chi connectivity index (χ1) is 12.2. The highest BCUT2D eigenvalue weighted by Crippen LogP contribution is 2.19. The Morgan fingerprint density at radius 1 is 1.24 bits per heavy atom. The van der Waals surface area contributed by atoms with Crippen LogP contribution in [0.15, 0.2) is 54.9 Å². The number of pyridine rings is 1. The maximum absolute atomic E-state index is 11.9. The molecule has 3 rings (SSSR count). The minimum atomic E-state index is -0.443. The summed E-state index contributed by atoms with van der Waals surface area (Å²) in [6.07, 6.45) is 6.59. The van der Waals surface area contributed by atoms with E-state index in [0.29, 0.717) is 17.3 Å². The first kappa shape index (κ1) is 17.0. The fourth-order valence-electron chi connectivity index (χ4n) is 2.34. The Morgan fingerprint density at radius 3 is 2.92 bits per heavy atom. The average Bonchev–Trinajstić information content (AvgIpc) is 3.01. The molecule has 0 atom stereocenters. The number of hydrogen-bond donors (Lipinski definition) is 0. The monoisotopic (exact) mass is 356 g/mol. The minimum absolute atomic E-state index is 0.0928. The highest BCUT2D eigenvalue weighted by atomic mass is 35.5. The van der Waals surface area contributed by atoms with Gasteiger partial charge in [-0.2, -0.15) is 0 Å². The third-order valence-electron chi connectivity index (χ3n) is 3.44. The fourth-order valence-corrected chi connectivity index (χ4v) is 2.51. The van der Waals surface area contributed by atoms with Gasteiger partial charge in [0.1, 0.15) is 18.0 Å². The van der Waals surface area contributed by atoms with Crippen LogP contribution in [0.4, 0.5) is 0 Å². The first-order valence-electron chi connectivity index (χ1n) is 7.85. The molecular weight excluding hydrogens is 340 g/mol. The van der Waals surface area contributed by atoms with Crippen molar-refractivity contribution in [3.63, 3.8) is 0 Å². The van der Waals surface area contributed by atoms with E-state index in [-0.39, 0.29) is 6.61 Å². The molecule has 0 bridgehead atoms. The number of fused-ring (bicyclic) bond motifs is 1. The van der Waals surface area contributed by atoms with Crippen molar-refractivity contribution >= 4 is 29.3 Å². The topological polar surface area (TPSA) is 52.8 Å². The predicted molar refractivity (Wildman–Crippen MR) is 96.6 cm³/mol. The number of rotatable bonds is 6. The molecule has 25 heavy (non-hydrogen) atoms. The van der Waals surface area contributed by atoms with Crippen molar-refractivity contribution in [1.82, 2.24) is 9.38 Å². The minimum Gasteiger partial charge on any atom is -0.493 e. The van der Waals surface area contributed by atoms with Gasteiger partial charge >= 0.3 is 5.97 Å². The van der Waals surface area contributed by atoms with E-state index < -0.39 is 5.97 Å². The number of carbonyl (C=O) groups is 1. The quantitative estimate of drug-likeness (QED) is 0.492. The lowest BCUT2D eigenvalue weighted by molar-refractivity contribution is -0.139. The van der Waals surface area contributed by atoms with E-state index in [4.69, 9.17) is 21.1 Å². The van der Waals surface area contributed by atoms with Gasteiger partial charge in [-0.25, -0.2) is 9.78 Å². The molecule has 0 aliphatic carbocycles. The van der Waals surface area contributed by atoms with Crippen LogP contribution in [0.25, 0.3) is 11.7 Å². The molecule has 0 aliphatic rings. The molecule has 2 heterocycles. The van der Waals surface area contributed by atoms with Gasteiger partial charge in [-0.3, -0.25) is 0 Å². The molecule has 6 heteroatoms. The summed E-state index contributed by atoms with van der Waals surface area (Å²) in [5, 5.41) is 0.615. The molecule has 5 nitrogen and oxygen atoms in total. The molecular formula is C19H17ClN2O3. The van der Waals surface area contributed by atoms with Crippen LogP contribution in [0, 0.1) is 0 Å². The van der Waals surface area contributed by atoms with E-state index in [1.54, 1.807) is 35.0 Å². The molecule has 128 valence electrons. The van der Waals surface area contributed by atoms with Crippen molar-refractivity contribution in [2.24, 2.45) is 0 Å². The predicted octanol–water partition coefficient (Wildman–Crippen LogP) is 4.14. The maximum Gasteiger partial charge on any atom is 0.331 e. The number of carbonyl (C=O) groups excluding carboxylic acids is 1. The highest BCUT2D eigenvalue weighted by Gasteiger charge is 2.05. The lowest BCUT2D eigenvalue weighted by Crippen LogP contribution is -2.01. The van der Waals surface area contributed by atoms with Crippen LogP contribution in [-0.4, -0.2) is 22.0 Å². The summed E-state index contributed by atoms with van der Waals surface area (Å²) in [6.45, 7) is 2.57. The zero-order valence-corrected chi connectivity index (χ0v) is 14.4. The molecule has 3 aromatic rings. The Balaban J connectivity index is 1.62. The summed E-state index contributed by atoms with van der Waals surface area (Å²) in [4.78, 5) is 16.3. The van der Waals surface area contributed by atoms with Gasteiger partial charge in [0.25, 0.3) is 0 Å². The van der Waals surface area contributed by atoms with Gasteiger partial charge in [0.05, 0.1) is 17.3 Å². The lowest BCUT2D eigenvalue weighted by Gasteiger charge is -2.06. The van der Waals surface area contributed by atoms with Crippen molar-refractivity contribution in [2.75, 3.05) is 6.61 Å². The second-order valence-electron chi connectivity index (χ2n) is 5.26. The summed E-state index contributed by atoms with van der Waals surface area (Å²) < 4.78 is 12.5. The van der Waals surface area contributed by atoms with Crippen LogP contribution in [0.1, 0.15) is 18.2 Å². The van der Waals surface area contributed by atoms with Gasteiger partial charge in [-0.15, -0.1) is 0 Å². The summed E-state index contributed by atoms with van der Waals surface area (Å²) in [5.74, 6) is 0.285. The fraction of sp³-hybridized carbons (Fsp3) is 0.158.